The molecule has 0 radical (unpaired) electrons. The normalized spacial score (nSPS) is 10.2. The molecule has 0 aliphatic heterocycles. The molecule has 0 saturated heterocycles. The largest absolute Gasteiger partial charge is 0.481 e. The molecule has 0 unspecified atom stereocenters. The van der Waals surface area contributed by atoms with Gasteiger partial charge in [-0.2, -0.15) is 4.98 Å². The molecule has 18 heavy (non-hydrogen) atoms. The molecular formula is C12H12BrN3O2. The van der Waals surface area contributed by atoms with E-state index in [0.717, 1.165) is 10.2 Å². The fourth-order valence-corrected chi connectivity index (χ4v) is 1.65. The SMILES string of the molecule is COc1ccc(Oc2nc(C)nc(C)c2Br)cn1. The molecule has 0 fully saturated rings. The Morgan fingerprint density at radius 3 is 2.56 bits per heavy atom. The van der Waals surface area contributed by atoms with Gasteiger partial charge >= 0.3 is 0 Å². The van der Waals surface area contributed by atoms with Gasteiger partial charge < -0.3 is 9.47 Å². The zero-order chi connectivity index (χ0) is 13.1. The molecule has 2 aromatic rings. The summed E-state index contributed by atoms with van der Waals surface area (Å²) in [5.74, 6) is 2.27. The first-order chi connectivity index (χ1) is 8.60. The van der Waals surface area contributed by atoms with E-state index in [4.69, 9.17) is 9.47 Å². The summed E-state index contributed by atoms with van der Waals surface area (Å²) < 4.78 is 11.4. The lowest BCUT2D eigenvalue weighted by Gasteiger charge is -2.08. The molecule has 0 spiro atoms. The van der Waals surface area contributed by atoms with Gasteiger partial charge in [0.15, 0.2) is 0 Å². The maximum atomic E-state index is 5.65. The first-order valence-electron chi connectivity index (χ1n) is 5.29. The molecule has 0 bridgehead atoms. The molecule has 2 rings (SSSR count). The zero-order valence-corrected chi connectivity index (χ0v) is 11.9. The van der Waals surface area contributed by atoms with E-state index < -0.39 is 0 Å². The highest BCUT2D eigenvalue weighted by molar-refractivity contribution is 9.10. The van der Waals surface area contributed by atoms with E-state index in [2.05, 4.69) is 30.9 Å². The van der Waals surface area contributed by atoms with Crippen LogP contribution < -0.4 is 9.47 Å². The van der Waals surface area contributed by atoms with E-state index in [1.165, 1.54) is 0 Å². The van der Waals surface area contributed by atoms with Crippen LogP contribution >= 0.6 is 15.9 Å². The van der Waals surface area contributed by atoms with Gasteiger partial charge in [-0.05, 0) is 35.8 Å². The van der Waals surface area contributed by atoms with Crippen LogP contribution in [-0.2, 0) is 0 Å². The van der Waals surface area contributed by atoms with Crippen LogP contribution in [0.5, 0.6) is 17.5 Å². The van der Waals surface area contributed by atoms with Crippen LogP contribution in [-0.4, -0.2) is 22.1 Å². The minimum absolute atomic E-state index is 0.479. The first kappa shape index (κ1) is 12.8. The second-order valence-corrected chi connectivity index (χ2v) is 4.41. The monoisotopic (exact) mass is 309 g/mol. The number of hydrogen-bond acceptors (Lipinski definition) is 5. The van der Waals surface area contributed by atoms with Crippen molar-refractivity contribution < 1.29 is 9.47 Å². The number of halogens is 1. The van der Waals surface area contributed by atoms with Crippen LogP contribution in [0.4, 0.5) is 0 Å². The molecule has 0 aliphatic carbocycles. The van der Waals surface area contributed by atoms with Crippen molar-refractivity contribution >= 4 is 15.9 Å². The number of aromatic nitrogens is 3. The van der Waals surface area contributed by atoms with Gasteiger partial charge in [0.2, 0.25) is 11.8 Å². The minimum atomic E-state index is 0.479. The predicted octanol–water partition coefficient (Wildman–Crippen LogP) is 3.05. The average molecular weight is 310 g/mol. The van der Waals surface area contributed by atoms with Gasteiger partial charge in [-0.25, -0.2) is 9.97 Å². The summed E-state index contributed by atoms with van der Waals surface area (Å²) in [7, 11) is 1.57. The van der Waals surface area contributed by atoms with Gasteiger partial charge in [0.1, 0.15) is 16.0 Å². The van der Waals surface area contributed by atoms with Gasteiger partial charge in [0.25, 0.3) is 0 Å². The van der Waals surface area contributed by atoms with Crippen molar-refractivity contribution in [3.8, 4) is 17.5 Å². The van der Waals surface area contributed by atoms with Gasteiger partial charge in [-0.1, -0.05) is 0 Å². The Bertz CT molecular complexity index is 558. The number of hydrogen-bond donors (Lipinski definition) is 0. The number of ether oxygens (including phenoxy) is 2. The van der Waals surface area contributed by atoms with Gasteiger partial charge in [-0.15, -0.1) is 0 Å². The summed E-state index contributed by atoms with van der Waals surface area (Å²) in [4.78, 5) is 12.5. The lowest BCUT2D eigenvalue weighted by molar-refractivity contribution is 0.393. The standard InChI is InChI=1S/C12H12BrN3O2/c1-7-11(13)12(16-8(2)15-7)18-9-4-5-10(17-3)14-6-9/h4-6H,1-3H3. The predicted molar refractivity (Wildman–Crippen MR) is 70.1 cm³/mol. The van der Waals surface area contributed by atoms with Crippen LogP contribution in [0.2, 0.25) is 0 Å². The molecule has 2 heterocycles. The molecule has 5 nitrogen and oxygen atoms in total. The summed E-state index contributed by atoms with van der Waals surface area (Å²) >= 11 is 3.40. The summed E-state index contributed by atoms with van der Waals surface area (Å²) in [6.07, 6.45) is 1.58. The minimum Gasteiger partial charge on any atom is -0.481 e. The number of aryl methyl sites for hydroxylation is 2. The summed E-state index contributed by atoms with van der Waals surface area (Å²) in [5.41, 5.74) is 0.832. The molecule has 0 saturated carbocycles. The quantitative estimate of drug-likeness (QED) is 0.872. The van der Waals surface area contributed by atoms with Crippen LogP contribution in [0.1, 0.15) is 11.5 Å². The average Bonchev–Trinajstić information content (AvgIpc) is 2.36. The third-order valence-electron chi connectivity index (χ3n) is 2.23. The fourth-order valence-electron chi connectivity index (χ4n) is 1.39. The van der Waals surface area contributed by atoms with E-state index in [1.54, 1.807) is 25.4 Å². The number of pyridine rings is 1. The molecule has 0 aromatic carbocycles. The highest BCUT2D eigenvalue weighted by atomic mass is 79.9. The molecule has 0 N–H and O–H groups in total. The lowest BCUT2D eigenvalue weighted by Crippen LogP contribution is -1.98. The number of nitrogens with zero attached hydrogens (tertiary/aromatic N) is 3. The third kappa shape index (κ3) is 2.76. The molecule has 0 atom stereocenters. The Morgan fingerprint density at radius 1 is 1.17 bits per heavy atom. The lowest BCUT2D eigenvalue weighted by atomic mass is 10.4. The topological polar surface area (TPSA) is 57.1 Å². The van der Waals surface area contributed by atoms with Crippen LogP contribution in [0.3, 0.4) is 0 Å². The number of rotatable bonds is 3. The van der Waals surface area contributed by atoms with Gasteiger partial charge in [0.05, 0.1) is 19.0 Å². The van der Waals surface area contributed by atoms with Crippen molar-refractivity contribution in [3.63, 3.8) is 0 Å². The van der Waals surface area contributed by atoms with E-state index in [-0.39, 0.29) is 0 Å². The van der Waals surface area contributed by atoms with E-state index in [0.29, 0.717) is 23.3 Å². The maximum Gasteiger partial charge on any atom is 0.237 e. The fraction of sp³-hybridized carbons (Fsp3) is 0.250. The second-order valence-electron chi connectivity index (χ2n) is 3.61. The van der Waals surface area contributed by atoms with E-state index in [9.17, 15) is 0 Å². The smallest absolute Gasteiger partial charge is 0.237 e. The Kier molecular flexibility index (Phi) is 3.76. The summed E-state index contributed by atoms with van der Waals surface area (Å²) in [6.45, 7) is 3.70. The molecule has 94 valence electrons. The van der Waals surface area contributed by atoms with Crippen molar-refractivity contribution in [2.45, 2.75) is 13.8 Å². The maximum absolute atomic E-state index is 5.65. The molecule has 0 amide bonds. The van der Waals surface area contributed by atoms with Crippen molar-refractivity contribution in [2.24, 2.45) is 0 Å². The highest BCUT2D eigenvalue weighted by Crippen LogP contribution is 2.29. The van der Waals surface area contributed by atoms with E-state index >= 15 is 0 Å². The van der Waals surface area contributed by atoms with E-state index in [1.807, 2.05) is 13.8 Å². The molecular weight excluding hydrogens is 298 g/mol. The summed E-state index contributed by atoms with van der Waals surface area (Å²) in [6, 6.07) is 3.50. The zero-order valence-electron chi connectivity index (χ0n) is 10.3. The van der Waals surface area contributed by atoms with Crippen molar-refractivity contribution in [3.05, 3.63) is 34.3 Å². The van der Waals surface area contributed by atoms with Crippen molar-refractivity contribution in [2.75, 3.05) is 7.11 Å². The molecule has 6 heteroatoms. The van der Waals surface area contributed by atoms with Crippen LogP contribution in [0.25, 0.3) is 0 Å². The van der Waals surface area contributed by atoms with Crippen LogP contribution in [0.15, 0.2) is 22.8 Å². The Labute approximate surface area is 113 Å². The van der Waals surface area contributed by atoms with Gasteiger partial charge in [-0.3, -0.25) is 0 Å². The number of methoxy groups -OCH3 is 1. The van der Waals surface area contributed by atoms with Crippen molar-refractivity contribution in [1.82, 2.24) is 15.0 Å². The van der Waals surface area contributed by atoms with Crippen molar-refractivity contribution in [1.29, 1.82) is 0 Å². The highest BCUT2D eigenvalue weighted by Gasteiger charge is 2.10. The third-order valence-corrected chi connectivity index (χ3v) is 3.14. The summed E-state index contributed by atoms with van der Waals surface area (Å²) in [5, 5.41) is 0. The first-order valence-corrected chi connectivity index (χ1v) is 6.08. The molecule has 2 aromatic heterocycles. The Hall–Kier alpha value is -1.69. The molecule has 0 aliphatic rings. The van der Waals surface area contributed by atoms with Gasteiger partial charge in [0, 0.05) is 6.07 Å². The Balaban J connectivity index is 2.27. The Morgan fingerprint density at radius 2 is 1.94 bits per heavy atom. The van der Waals surface area contributed by atoms with Crippen LogP contribution in [0, 0.1) is 13.8 Å². The second kappa shape index (κ2) is 5.30.